The predicted molar refractivity (Wildman–Crippen MR) is 107 cm³/mol. The summed E-state index contributed by atoms with van der Waals surface area (Å²) < 4.78 is 10.6. The first-order chi connectivity index (χ1) is 14.0. The van der Waals surface area contributed by atoms with Crippen LogP contribution in [0.1, 0.15) is 54.0 Å². The summed E-state index contributed by atoms with van der Waals surface area (Å²) in [6.45, 7) is 3.75. The molecule has 0 radical (unpaired) electrons. The molecule has 2 atom stereocenters. The molecule has 0 unspecified atom stereocenters. The van der Waals surface area contributed by atoms with Crippen LogP contribution >= 0.6 is 0 Å². The zero-order valence-corrected chi connectivity index (χ0v) is 16.7. The van der Waals surface area contributed by atoms with Gasteiger partial charge >= 0.3 is 5.97 Å². The number of hydrogen-bond acceptors (Lipinski definition) is 5. The number of H-pyrrole nitrogens is 1. The third-order valence-electron chi connectivity index (χ3n) is 5.17. The molecule has 1 N–H and O–H groups in total. The Morgan fingerprint density at radius 3 is 2.34 bits per heavy atom. The minimum absolute atomic E-state index is 0.0315. The van der Waals surface area contributed by atoms with Crippen molar-refractivity contribution in [3.05, 3.63) is 53.9 Å². The van der Waals surface area contributed by atoms with Gasteiger partial charge in [-0.15, -0.1) is 0 Å². The number of amides is 1. The van der Waals surface area contributed by atoms with E-state index in [4.69, 9.17) is 9.47 Å². The summed E-state index contributed by atoms with van der Waals surface area (Å²) in [6, 6.07) is 10.1. The third-order valence-corrected chi connectivity index (χ3v) is 5.17. The van der Waals surface area contributed by atoms with Gasteiger partial charge in [0, 0.05) is 18.3 Å². The molecule has 0 aliphatic carbocycles. The Labute approximate surface area is 170 Å². The van der Waals surface area contributed by atoms with Crippen LogP contribution in [-0.4, -0.2) is 52.8 Å². The molecule has 0 saturated carbocycles. The van der Waals surface area contributed by atoms with Crippen LogP contribution in [0, 0.1) is 0 Å². The predicted octanol–water partition coefficient (Wildman–Crippen LogP) is 3.22. The van der Waals surface area contributed by atoms with Crippen molar-refractivity contribution >= 4 is 17.7 Å². The van der Waals surface area contributed by atoms with E-state index in [0.717, 1.165) is 19.3 Å². The third kappa shape index (κ3) is 5.25. The van der Waals surface area contributed by atoms with Gasteiger partial charge in [-0.3, -0.25) is 9.59 Å². The average molecular weight is 398 g/mol. The smallest absolute Gasteiger partial charge is 0.338 e. The van der Waals surface area contributed by atoms with Gasteiger partial charge in [0.05, 0.1) is 11.3 Å². The molecular formula is C22H26N2O5. The fourth-order valence-corrected chi connectivity index (χ4v) is 3.62. The zero-order valence-electron chi connectivity index (χ0n) is 16.7. The van der Waals surface area contributed by atoms with Gasteiger partial charge in [-0.05, 0) is 69.5 Å². The molecule has 2 aromatic rings. The molecule has 1 saturated heterocycles. The molecule has 1 aliphatic heterocycles. The second-order valence-electron chi connectivity index (χ2n) is 7.33. The monoisotopic (exact) mass is 398 g/mol. The highest BCUT2D eigenvalue weighted by atomic mass is 16.5. The number of aromatic nitrogens is 1. The number of ketones is 1. The molecule has 0 spiro atoms. The fourth-order valence-electron chi connectivity index (χ4n) is 3.62. The first-order valence-corrected chi connectivity index (χ1v) is 9.83. The Bertz CT molecular complexity index is 835. The molecule has 7 nitrogen and oxygen atoms in total. The second-order valence-corrected chi connectivity index (χ2v) is 7.33. The molecule has 1 amide bonds. The molecule has 7 heteroatoms. The summed E-state index contributed by atoms with van der Waals surface area (Å²) >= 11 is 0. The van der Waals surface area contributed by atoms with Crippen molar-refractivity contribution in [1.29, 1.82) is 0 Å². The minimum Gasteiger partial charge on any atom is -0.484 e. The number of aromatic amines is 1. The minimum atomic E-state index is -0.594. The van der Waals surface area contributed by atoms with Crippen molar-refractivity contribution in [2.24, 2.45) is 0 Å². The molecular weight excluding hydrogens is 372 g/mol. The highest BCUT2D eigenvalue weighted by Gasteiger charge is 2.29. The van der Waals surface area contributed by atoms with Gasteiger partial charge in [0.2, 0.25) is 5.78 Å². The van der Waals surface area contributed by atoms with Crippen molar-refractivity contribution in [3.8, 4) is 5.75 Å². The van der Waals surface area contributed by atoms with Gasteiger partial charge in [0.1, 0.15) is 5.75 Å². The maximum Gasteiger partial charge on any atom is 0.338 e. The van der Waals surface area contributed by atoms with E-state index < -0.39 is 5.97 Å². The van der Waals surface area contributed by atoms with Gasteiger partial charge in [-0.1, -0.05) is 0 Å². The number of ether oxygens (including phenoxy) is 2. The lowest BCUT2D eigenvalue weighted by atomic mass is 9.97. The SMILES string of the molecule is C[C@@H]1CCC[C@H](C)N1C(=O)COc1ccc(C(=O)OCC(=O)c2ccc[nH]2)cc1. The van der Waals surface area contributed by atoms with E-state index in [1.54, 1.807) is 42.6 Å². The summed E-state index contributed by atoms with van der Waals surface area (Å²) in [4.78, 5) is 41.1. The molecule has 1 aromatic heterocycles. The summed E-state index contributed by atoms with van der Waals surface area (Å²) in [5, 5.41) is 0. The van der Waals surface area contributed by atoms with Gasteiger partial charge in [-0.2, -0.15) is 0 Å². The van der Waals surface area contributed by atoms with E-state index in [-0.39, 0.29) is 37.0 Å². The number of rotatable bonds is 7. The number of piperidine rings is 1. The van der Waals surface area contributed by atoms with Gasteiger partial charge in [0.25, 0.3) is 5.91 Å². The molecule has 1 aromatic carbocycles. The number of benzene rings is 1. The quantitative estimate of drug-likeness (QED) is 0.571. The Morgan fingerprint density at radius 2 is 1.72 bits per heavy atom. The van der Waals surface area contributed by atoms with Crippen molar-refractivity contribution in [3.63, 3.8) is 0 Å². The number of esters is 1. The van der Waals surface area contributed by atoms with Crippen molar-refractivity contribution in [1.82, 2.24) is 9.88 Å². The van der Waals surface area contributed by atoms with Crippen LogP contribution < -0.4 is 4.74 Å². The number of nitrogens with zero attached hydrogens (tertiary/aromatic N) is 1. The normalized spacial score (nSPS) is 18.9. The van der Waals surface area contributed by atoms with E-state index in [9.17, 15) is 14.4 Å². The lowest BCUT2D eigenvalue weighted by Crippen LogP contribution is -2.49. The molecule has 29 heavy (non-hydrogen) atoms. The summed E-state index contributed by atoms with van der Waals surface area (Å²) in [5.41, 5.74) is 0.699. The zero-order chi connectivity index (χ0) is 20.8. The van der Waals surface area contributed by atoms with Gasteiger partial charge in [0.15, 0.2) is 13.2 Å². The number of nitrogens with one attached hydrogen (secondary N) is 1. The van der Waals surface area contributed by atoms with E-state index in [2.05, 4.69) is 18.8 Å². The Kier molecular flexibility index (Phi) is 6.69. The van der Waals surface area contributed by atoms with Crippen LogP contribution in [0.4, 0.5) is 0 Å². The van der Waals surface area contributed by atoms with E-state index in [1.165, 1.54) is 0 Å². The molecule has 1 aliphatic rings. The highest BCUT2D eigenvalue weighted by Crippen LogP contribution is 2.23. The molecule has 154 valence electrons. The van der Waals surface area contributed by atoms with Gasteiger partial charge in [-0.25, -0.2) is 4.79 Å². The lowest BCUT2D eigenvalue weighted by Gasteiger charge is -2.38. The number of carbonyl (C=O) groups excluding carboxylic acids is 3. The summed E-state index contributed by atoms with van der Waals surface area (Å²) in [6.07, 6.45) is 4.80. The van der Waals surface area contributed by atoms with Gasteiger partial charge < -0.3 is 19.4 Å². The van der Waals surface area contributed by atoms with Crippen LogP contribution in [0.15, 0.2) is 42.6 Å². The standard InChI is InChI=1S/C22H26N2O5/c1-15-5-3-6-16(2)24(15)21(26)14-28-18-10-8-17(9-11-18)22(27)29-13-20(25)19-7-4-12-23-19/h4,7-12,15-16,23H,3,5-6,13-14H2,1-2H3/t15-,16+. The summed E-state index contributed by atoms with van der Waals surface area (Å²) in [7, 11) is 0. The number of hydrogen-bond donors (Lipinski definition) is 1. The van der Waals surface area contributed by atoms with E-state index >= 15 is 0 Å². The largest absolute Gasteiger partial charge is 0.484 e. The Balaban J connectivity index is 1.48. The number of carbonyl (C=O) groups is 3. The lowest BCUT2D eigenvalue weighted by molar-refractivity contribution is -0.139. The second kappa shape index (κ2) is 9.41. The Hall–Kier alpha value is -3.09. The maximum atomic E-state index is 12.5. The van der Waals surface area contributed by atoms with Crippen LogP contribution in [0.2, 0.25) is 0 Å². The first-order valence-electron chi connectivity index (χ1n) is 9.83. The van der Waals surface area contributed by atoms with E-state index in [1.807, 2.05) is 4.90 Å². The molecule has 0 bridgehead atoms. The topological polar surface area (TPSA) is 88.7 Å². The average Bonchev–Trinajstić information content (AvgIpc) is 3.25. The Morgan fingerprint density at radius 1 is 1.03 bits per heavy atom. The van der Waals surface area contributed by atoms with E-state index in [0.29, 0.717) is 17.0 Å². The number of Topliss-reactive ketones (excluding diaryl/α,β-unsaturated/α-hetero) is 1. The van der Waals surface area contributed by atoms with Crippen LogP contribution in [0.5, 0.6) is 5.75 Å². The fraction of sp³-hybridized carbons (Fsp3) is 0.409. The maximum absolute atomic E-state index is 12.5. The van der Waals surface area contributed by atoms with Crippen LogP contribution in [-0.2, 0) is 9.53 Å². The van der Waals surface area contributed by atoms with Crippen LogP contribution in [0.3, 0.4) is 0 Å². The molecule has 3 rings (SSSR count). The molecule has 1 fully saturated rings. The first kappa shape index (κ1) is 20.6. The van der Waals surface area contributed by atoms with Crippen molar-refractivity contribution in [2.75, 3.05) is 13.2 Å². The summed E-state index contributed by atoms with van der Waals surface area (Å²) in [5.74, 6) is -0.433. The van der Waals surface area contributed by atoms with Crippen molar-refractivity contribution < 1.29 is 23.9 Å². The number of likely N-dealkylation sites (tertiary alicyclic amines) is 1. The molecule has 2 heterocycles. The highest BCUT2D eigenvalue weighted by molar-refractivity contribution is 5.98. The van der Waals surface area contributed by atoms with Crippen molar-refractivity contribution in [2.45, 2.75) is 45.2 Å². The van der Waals surface area contributed by atoms with Crippen LogP contribution in [0.25, 0.3) is 0 Å².